The summed E-state index contributed by atoms with van der Waals surface area (Å²) in [5.74, 6) is 1.72. The highest BCUT2D eigenvalue weighted by molar-refractivity contribution is 6.30. The van der Waals surface area contributed by atoms with Crippen molar-refractivity contribution in [2.45, 2.75) is 6.10 Å². The number of hydrogen-bond acceptors (Lipinski definition) is 4. The third kappa shape index (κ3) is 3.23. The minimum atomic E-state index is -0.915. The lowest BCUT2D eigenvalue weighted by Gasteiger charge is -2.18. The van der Waals surface area contributed by atoms with Gasteiger partial charge in [0.2, 0.25) is 0 Å². The molecule has 1 atom stereocenters. The summed E-state index contributed by atoms with van der Waals surface area (Å²) in [6.07, 6.45) is -0.915. The van der Waals surface area contributed by atoms with Crippen molar-refractivity contribution < 1.29 is 19.3 Å². The molecule has 0 saturated heterocycles. The summed E-state index contributed by atoms with van der Waals surface area (Å²) in [4.78, 5) is 0. The highest BCUT2D eigenvalue weighted by atomic mass is 35.5. The molecule has 0 aliphatic rings. The van der Waals surface area contributed by atoms with Crippen LogP contribution in [0.1, 0.15) is 17.2 Å². The fourth-order valence-electron chi connectivity index (χ4n) is 2.13. The van der Waals surface area contributed by atoms with Crippen molar-refractivity contribution in [1.29, 1.82) is 0 Å². The minimum absolute atomic E-state index is 0.514. The minimum Gasteiger partial charge on any atom is -0.497 e. The van der Waals surface area contributed by atoms with E-state index in [0.717, 1.165) is 0 Å². The van der Waals surface area contributed by atoms with E-state index in [1.807, 2.05) is 0 Å². The van der Waals surface area contributed by atoms with Crippen molar-refractivity contribution in [1.82, 2.24) is 0 Å². The number of aliphatic hydroxyl groups is 1. The molecular weight excluding hydrogens is 292 g/mol. The van der Waals surface area contributed by atoms with Gasteiger partial charge in [-0.15, -0.1) is 0 Å². The van der Waals surface area contributed by atoms with Crippen LogP contribution in [0, 0.1) is 0 Å². The Hall–Kier alpha value is -1.91. The van der Waals surface area contributed by atoms with E-state index in [1.165, 1.54) is 7.11 Å². The number of aliphatic hydroxyl groups excluding tert-OH is 1. The molecule has 2 aromatic rings. The largest absolute Gasteiger partial charge is 0.497 e. The smallest absolute Gasteiger partial charge is 0.126 e. The van der Waals surface area contributed by atoms with Crippen molar-refractivity contribution in [2.24, 2.45) is 0 Å². The van der Waals surface area contributed by atoms with E-state index in [2.05, 4.69) is 0 Å². The van der Waals surface area contributed by atoms with Crippen molar-refractivity contribution in [2.75, 3.05) is 21.3 Å². The van der Waals surface area contributed by atoms with Gasteiger partial charge in [0.05, 0.1) is 21.3 Å². The summed E-state index contributed by atoms with van der Waals surface area (Å²) in [5, 5.41) is 11.2. The molecule has 0 aliphatic heterocycles. The van der Waals surface area contributed by atoms with Gasteiger partial charge >= 0.3 is 0 Å². The van der Waals surface area contributed by atoms with Gasteiger partial charge in [-0.1, -0.05) is 17.7 Å². The van der Waals surface area contributed by atoms with Crippen LogP contribution >= 0.6 is 11.6 Å². The number of hydrogen-bond donors (Lipinski definition) is 1. The lowest BCUT2D eigenvalue weighted by Crippen LogP contribution is -2.05. The van der Waals surface area contributed by atoms with Crippen molar-refractivity contribution >= 4 is 11.6 Å². The molecule has 0 fully saturated rings. The maximum atomic E-state index is 10.7. The third-order valence-corrected chi connectivity index (χ3v) is 3.46. The maximum Gasteiger partial charge on any atom is 0.126 e. The zero-order valence-electron chi connectivity index (χ0n) is 12.1. The van der Waals surface area contributed by atoms with Crippen LogP contribution in [-0.4, -0.2) is 26.4 Å². The first-order chi connectivity index (χ1) is 10.1. The molecule has 0 heterocycles. The molecule has 0 amide bonds. The Morgan fingerprint density at radius 3 is 2.19 bits per heavy atom. The van der Waals surface area contributed by atoms with Crippen LogP contribution in [0.15, 0.2) is 36.4 Å². The van der Waals surface area contributed by atoms with Crippen LogP contribution in [0.3, 0.4) is 0 Å². The molecule has 112 valence electrons. The lowest BCUT2D eigenvalue weighted by molar-refractivity contribution is 0.209. The van der Waals surface area contributed by atoms with Gasteiger partial charge in [0.1, 0.15) is 23.4 Å². The number of rotatable bonds is 5. The van der Waals surface area contributed by atoms with Gasteiger partial charge in [-0.2, -0.15) is 0 Å². The zero-order valence-corrected chi connectivity index (χ0v) is 12.8. The second kappa shape index (κ2) is 6.70. The van der Waals surface area contributed by atoms with Crippen LogP contribution in [0.2, 0.25) is 5.02 Å². The lowest BCUT2D eigenvalue weighted by atomic mass is 9.99. The zero-order chi connectivity index (χ0) is 15.4. The molecule has 21 heavy (non-hydrogen) atoms. The van der Waals surface area contributed by atoms with Gasteiger partial charge < -0.3 is 19.3 Å². The Morgan fingerprint density at radius 2 is 1.57 bits per heavy atom. The summed E-state index contributed by atoms with van der Waals surface area (Å²) in [7, 11) is 4.66. The van der Waals surface area contributed by atoms with E-state index in [0.29, 0.717) is 33.4 Å². The molecule has 0 bridgehead atoms. The number of benzene rings is 2. The van der Waals surface area contributed by atoms with E-state index >= 15 is 0 Å². The summed E-state index contributed by atoms with van der Waals surface area (Å²) >= 11 is 5.95. The van der Waals surface area contributed by atoms with Crippen molar-refractivity contribution in [3.63, 3.8) is 0 Å². The van der Waals surface area contributed by atoms with Gasteiger partial charge in [-0.05, 0) is 30.3 Å². The highest BCUT2D eigenvalue weighted by Gasteiger charge is 2.20. The van der Waals surface area contributed by atoms with E-state index in [9.17, 15) is 5.11 Å². The monoisotopic (exact) mass is 308 g/mol. The number of methoxy groups -OCH3 is 3. The topological polar surface area (TPSA) is 47.9 Å². The molecule has 2 aromatic carbocycles. The normalized spacial score (nSPS) is 11.9. The molecule has 1 N–H and O–H groups in total. The van der Waals surface area contributed by atoms with Gasteiger partial charge in [0, 0.05) is 16.1 Å². The standard InChI is InChI=1S/C16H17ClO4/c1-19-11-5-7-14(20-2)13(9-11)16(18)12-6-4-10(17)8-15(12)21-3/h4-9,16,18H,1-3H3. The Balaban J connectivity index is 2.50. The quantitative estimate of drug-likeness (QED) is 0.919. The first kappa shape index (κ1) is 15.5. The molecule has 1 unspecified atom stereocenters. The molecule has 0 radical (unpaired) electrons. The third-order valence-electron chi connectivity index (χ3n) is 3.22. The predicted molar refractivity (Wildman–Crippen MR) is 81.6 cm³/mol. The first-order valence-corrected chi connectivity index (χ1v) is 6.72. The molecule has 0 aromatic heterocycles. The number of halogens is 1. The van der Waals surface area contributed by atoms with Crippen molar-refractivity contribution in [3.8, 4) is 17.2 Å². The van der Waals surface area contributed by atoms with Crippen LogP contribution in [-0.2, 0) is 0 Å². The van der Waals surface area contributed by atoms with Gasteiger partial charge in [-0.25, -0.2) is 0 Å². The average molecular weight is 309 g/mol. The van der Waals surface area contributed by atoms with E-state index in [-0.39, 0.29) is 0 Å². The molecule has 5 heteroatoms. The summed E-state index contributed by atoms with van der Waals surface area (Å²) < 4.78 is 15.8. The molecule has 4 nitrogen and oxygen atoms in total. The molecule has 0 aliphatic carbocycles. The molecule has 0 spiro atoms. The van der Waals surface area contributed by atoms with E-state index < -0.39 is 6.10 Å². The molecule has 0 saturated carbocycles. The van der Waals surface area contributed by atoms with Crippen LogP contribution < -0.4 is 14.2 Å². The second-order valence-corrected chi connectivity index (χ2v) is 4.83. The van der Waals surface area contributed by atoms with Crippen LogP contribution in [0.25, 0.3) is 0 Å². The first-order valence-electron chi connectivity index (χ1n) is 6.34. The summed E-state index contributed by atoms with van der Waals surface area (Å²) in [5.41, 5.74) is 1.20. The Bertz CT molecular complexity index is 628. The van der Waals surface area contributed by atoms with Crippen molar-refractivity contribution in [3.05, 3.63) is 52.5 Å². The van der Waals surface area contributed by atoms with E-state index in [4.69, 9.17) is 25.8 Å². The van der Waals surface area contributed by atoms with Crippen LogP contribution in [0.4, 0.5) is 0 Å². The predicted octanol–water partition coefficient (Wildman–Crippen LogP) is 3.45. The summed E-state index contributed by atoms with van der Waals surface area (Å²) in [6.45, 7) is 0. The maximum absolute atomic E-state index is 10.7. The Morgan fingerprint density at radius 1 is 0.857 bits per heavy atom. The van der Waals surface area contributed by atoms with E-state index in [1.54, 1.807) is 50.6 Å². The Labute approximate surface area is 128 Å². The highest BCUT2D eigenvalue weighted by Crippen LogP contribution is 2.37. The Kier molecular flexibility index (Phi) is 4.94. The average Bonchev–Trinajstić information content (AvgIpc) is 2.53. The SMILES string of the molecule is COc1ccc(OC)c(C(O)c2ccc(Cl)cc2OC)c1. The number of ether oxygens (including phenoxy) is 3. The van der Waals surface area contributed by atoms with Crippen LogP contribution in [0.5, 0.6) is 17.2 Å². The second-order valence-electron chi connectivity index (χ2n) is 4.40. The molecular formula is C16H17ClO4. The van der Waals surface area contributed by atoms with Gasteiger partial charge in [0.15, 0.2) is 0 Å². The van der Waals surface area contributed by atoms with Gasteiger partial charge in [0.25, 0.3) is 0 Å². The fraction of sp³-hybridized carbons (Fsp3) is 0.250. The summed E-state index contributed by atoms with van der Waals surface area (Å²) in [6, 6.07) is 10.3. The van der Waals surface area contributed by atoms with Gasteiger partial charge in [-0.3, -0.25) is 0 Å². The fourth-order valence-corrected chi connectivity index (χ4v) is 2.29. The molecule has 2 rings (SSSR count).